The first-order valence-corrected chi connectivity index (χ1v) is 7.86. The van der Waals surface area contributed by atoms with Crippen molar-refractivity contribution in [3.8, 4) is 0 Å². The van der Waals surface area contributed by atoms with E-state index < -0.39 is 15.8 Å². The number of sulfonamides is 1. The molecule has 106 valence electrons. The molecule has 0 bridgehead atoms. The van der Waals surface area contributed by atoms with Crippen LogP contribution in [-0.2, 0) is 10.0 Å². The molecule has 0 aromatic heterocycles. The molecule has 0 spiro atoms. The molecule has 1 aromatic rings. The van der Waals surface area contributed by atoms with E-state index in [9.17, 15) is 12.8 Å². The van der Waals surface area contributed by atoms with Gasteiger partial charge in [-0.3, -0.25) is 0 Å². The first-order chi connectivity index (χ1) is 8.84. The van der Waals surface area contributed by atoms with Gasteiger partial charge in [0, 0.05) is 12.1 Å². The Morgan fingerprint density at radius 1 is 1.26 bits per heavy atom. The van der Waals surface area contributed by atoms with Gasteiger partial charge in [-0.05, 0) is 44.9 Å². The smallest absolute Gasteiger partial charge is 0.243 e. The zero-order chi connectivity index (χ0) is 14.2. The van der Waals surface area contributed by atoms with E-state index in [1.54, 1.807) is 0 Å². The predicted molar refractivity (Wildman–Crippen MR) is 72.6 cm³/mol. The van der Waals surface area contributed by atoms with E-state index in [-0.39, 0.29) is 22.7 Å². The number of halogens is 1. The fourth-order valence-corrected chi connectivity index (χ4v) is 4.59. The standard InChI is InChI=1S/C13H19FN2O2S/c1-9-4-3-5-10(2)16(9)19(17,18)11-6-7-12(14)13(15)8-11/h6-10H,3-5,15H2,1-2H3/t9-,10+. The number of nitrogens with two attached hydrogens (primary N) is 1. The van der Waals surface area contributed by atoms with Crippen LogP contribution in [0.5, 0.6) is 0 Å². The van der Waals surface area contributed by atoms with Crippen molar-refractivity contribution in [3.05, 3.63) is 24.0 Å². The molecule has 1 heterocycles. The molecule has 2 N–H and O–H groups in total. The normalized spacial score (nSPS) is 25.4. The van der Waals surface area contributed by atoms with Gasteiger partial charge in [0.2, 0.25) is 10.0 Å². The van der Waals surface area contributed by atoms with Crippen molar-refractivity contribution in [1.82, 2.24) is 4.31 Å². The van der Waals surface area contributed by atoms with Crippen molar-refractivity contribution in [2.75, 3.05) is 5.73 Å². The third-order valence-corrected chi connectivity index (χ3v) is 5.78. The first kappa shape index (κ1) is 14.3. The summed E-state index contributed by atoms with van der Waals surface area (Å²) in [5.41, 5.74) is 5.32. The van der Waals surface area contributed by atoms with Crippen molar-refractivity contribution in [2.45, 2.75) is 50.1 Å². The van der Waals surface area contributed by atoms with E-state index in [1.165, 1.54) is 16.4 Å². The van der Waals surface area contributed by atoms with Crippen LogP contribution in [0.25, 0.3) is 0 Å². The summed E-state index contributed by atoms with van der Waals surface area (Å²) in [7, 11) is -3.61. The molecule has 1 aliphatic rings. The Bertz CT molecular complexity index is 564. The van der Waals surface area contributed by atoms with Crippen LogP contribution in [-0.4, -0.2) is 24.8 Å². The second kappa shape index (κ2) is 5.09. The molecule has 2 rings (SSSR count). The molecule has 0 amide bonds. The van der Waals surface area contributed by atoms with Crippen LogP contribution in [0.15, 0.2) is 23.1 Å². The van der Waals surface area contributed by atoms with Crippen molar-refractivity contribution in [1.29, 1.82) is 0 Å². The van der Waals surface area contributed by atoms with Crippen LogP contribution < -0.4 is 5.73 Å². The van der Waals surface area contributed by atoms with E-state index in [0.29, 0.717) is 0 Å². The van der Waals surface area contributed by atoms with Gasteiger partial charge in [-0.25, -0.2) is 12.8 Å². The van der Waals surface area contributed by atoms with Crippen LogP contribution >= 0.6 is 0 Å². The molecule has 2 atom stereocenters. The highest BCUT2D eigenvalue weighted by Crippen LogP contribution is 2.30. The summed E-state index contributed by atoms with van der Waals surface area (Å²) < 4.78 is 39.9. The van der Waals surface area contributed by atoms with Crippen LogP contribution in [0.4, 0.5) is 10.1 Å². The van der Waals surface area contributed by atoms with Gasteiger partial charge in [-0.1, -0.05) is 6.42 Å². The zero-order valence-corrected chi connectivity index (χ0v) is 12.0. The number of rotatable bonds is 2. The topological polar surface area (TPSA) is 63.4 Å². The van der Waals surface area contributed by atoms with Gasteiger partial charge < -0.3 is 5.73 Å². The Balaban J connectivity index is 2.43. The quantitative estimate of drug-likeness (QED) is 0.849. The molecule has 0 saturated carbocycles. The van der Waals surface area contributed by atoms with Gasteiger partial charge in [0.1, 0.15) is 5.82 Å². The molecule has 1 aromatic carbocycles. The van der Waals surface area contributed by atoms with Crippen molar-refractivity contribution < 1.29 is 12.8 Å². The summed E-state index contributed by atoms with van der Waals surface area (Å²) in [5, 5.41) is 0. The Labute approximate surface area is 113 Å². The number of hydrogen-bond acceptors (Lipinski definition) is 3. The van der Waals surface area contributed by atoms with Crippen molar-refractivity contribution in [3.63, 3.8) is 0 Å². The SMILES string of the molecule is C[C@@H]1CCC[C@H](C)N1S(=O)(=O)c1ccc(F)c(N)c1. The number of piperidine rings is 1. The second-order valence-electron chi connectivity index (χ2n) is 5.15. The fraction of sp³-hybridized carbons (Fsp3) is 0.538. The monoisotopic (exact) mass is 286 g/mol. The molecule has 4 nitrogen and oxygen atoms in total. The molecular weight excluding hydrogens is 267 g/mol. The first-order valence-electron chi connectivity index (χ1n) is 6.42. The minimum absolute atomic E-state index is 0.0416. The number of benzene rings is 1. The lowest BCUT2D eigenvalue weighted by Gasteiger charge is -2.37. The molecule has 1 saturated heterocycles. The number of nitrogen functional groups attached to an aromatic ring is 1. The largest absolute Gasteiger partial charge is 0.396 e. The Hall–Kier alpha value is -1.14. The van der Waals surface area contributed by atoms with Gasteiger partial charge >= 0.3 is 0 Å². The van der Waals surface area contributed by atoms with Crippen molar-refractivity contribution >= 4 is 15.7 Å². The maximum Gasteiger partial charge on any atom is 0.243 e. The Kier molecular flexibility index (Phi) is 3.82. The number of nitrogens with zero attached hydrogens (tertiary/aromatic N) is 1. The summed E-state index contributed by atoms with van der Waals surface area (Å²) in [4.78, 5) is 0.0620. The minimum atomic E-state index is -3.61. The van der Waals surface area contributed by atoms with Crippen LogP contribution in [0, 0.1) is 5.82 Å². The maximum absolute atomic E-state index is 13.1. The molecule has 19 heavy (non-hydrogen) atoms. The van der Waals surface area contributed by atoms with Gasteiger partial charge in [0.25, 0.3) is 0 Å². The molecule has 1 aliphatic heterocycles. The van der Waals surface area contributed by atoms with Crippen LogP contribution in [0.3, 0.4) is 0 Å². The van der Waals surface area contributed by atoms with Crippen LogP contribution in [0.2, 0.25) is 0 Å². The average Bonchev–Trinajstić information content (AvgIpc) is 2.32. The number of anilines is 1. The Morgan fingerprint density at radius 2 is 1.84 bits per heavy atom. The highest BCUT2D eigenvalue weighted by atomic mass is 32.2. The van der Waals surface area contributed by atoms with E-state index in [0.717, 1.165) is 25.3 Å². The summed E-state index contributed by atoms with van der Waals surface area (Å²) >= 11 is 0. The van der Waals surface area contributed by atoms with E-state index in [4.69, 9.17) is 5.73 Å². The molecule has 6 heteroatoms. The lowest BCUT2D eigenvalue weighted by Crippen LogP contribution is -2.47. The summed E-state index contributed by atoms with van der Waals surface area (Å²) in [6, 6.07) is 3.48. The summed E-state index contributed by atoms with van der Waals surface area (Å²) in [6.45, 7) is 3.81. The second-order valence-corrected chi connectivity index (χ2v) is 6.99. The molecule has 0 aliphatic carbocycles. The lowest BCUT2D eigenvalue weighted by molar-refractivity contribution is 0.204. The lowest BCUT2D eigenvalue weighted by atomic mass is 10.0. The third-order valence-electron chi connectivity index (χ3n) is 3.66. The van der Waals surface area contributed by atoms with E-state index in [2.05, 4.69) is 0 Å². The maximum atomic E-state index is 13.1. The van der Waals surface area contributed by atoms with Crippen molar-refractivity contribution in [2.24, 2.45) is 0 Å². The molecule has 0 unspecified atom stereocenters. The fourth-order valence-electron chi connectivity index (χ4n) is 2.68. The highest BCUT2D eigenvalue weighted by Gasteiger charge is 2.35. The Morgan fingerprint density at radius 3 is 2.37 bits per heavy atom. The van der Waals surface area contributed by atoms with Gasteiger partial charge in [0.15, 0.2) is 0 Å². The molecule has 1 fully saturated rings. The van der Waals surface area contributed by atoms with Gasteiger partial charge in [0.05, 0.1) is 10.6 Å². The summed E-state index contributed by atoms with van der Waals surface area (Å²) in [6.07, 6.45) is 2.72. The minimum Gasteiger partial charge on any atom is -0.396 e. The van der Waals surface area contributed by atoms with Gasteiger partial charge in [-0.2, -0.15) is 4.31 Å². The predicted octanol–water partition coefficient (Wildman–Crippen LogP) is 2.36. The zero-order valence-electron chi connectivity index (χ0n) is 11.1. The molecule has 0 radical (unpaired) electrons. The van der Waals surface area contributed by atoms with E-state index in [1.807, 2.05) is 13.8 Å². The van der Waals surface area contributed by atoms with E-state index >= 15 is 0 Å². The average molecular weight is 286 g/mol. The summed E-state index contributed by atoms with van der Waals surface area (Å²) in [5.74, 6) is -0.598. The molecular formula is C13H19FN2O2S. The van der Waals surface area contributed by atoms with Gasteiger partial charge in [-0.15, -0.1) is 0 Å². The highest BCUT2D eigenvalue weighted by molar-refractivity contribution is 7.89. The number of hydrogen-bond donors (Lipinski definition) is 1. The van der Waals surface area contributed by atoms with Crippen LogP contribution in [0.1, 0.15) is 33.1 Å². The third kappa shape index (κ3) is 2.60.